The van der Waals surface area contributed by atoms with Crippen LogP contribution in [0.25, 0.3) is 0 Å². The summed E-state index contributed by atoms with van der Waals surface area (Å²) < 4.78 is 29.6. The first-order valence-electron chi connectivity index (χ1n) is 8.40. The van der Waals surface area contributed by atoms with Gasteiger partial charge in [0, 0.05) is 19.1 Å². The van der Waals surface area contributed by atoms with Gasteiger partial charge in [0.25, 0.3) is 0 Å². The Balaban J connectivity index is 0.00000169. The van der Waals surface area contributed by atoms with Crippen molar-refractivity contribution in [1.82, 2.24) is 10.6 Å². The first-order chi connectivity index (χ1) is 11.6. The molecule has 1 amide bonds. The molecular weight excluding hydrogens is 387 g/mol. The summed E-state index contributed by atoms with van der Waals surface area (Å²) in [6.45, 7) is -0.315. The maximum absolute atomic E-state index is 12.5. The molecule has 0 aromatic heterocycles. The fraction of sp³-hybridized carbons (Fsp3) is 0.588. The number of halogens is 4. The number of nitrogens with one attached hydrogen (secondary N) is 2. The first kappa shape index (κ1) is 22.7. The number of rotatable bonds is 8. The molecule has 2 fully saturated rings. The van der Waals surface area contributed by atoms with Crippen molar-refractivity contribution in [2.24, 2.45) is 5.92 Å². The highest BCUT2D eigenvalue weighted by atomic mass is 35.5. The van der Waals surface area contributed by atoms with E-state index in [0.29, 0.717) is 25.3 Å². The molecule has 1 aromatic rings. The van der Waals surface area contributed by atoms with Crippen LogP contribution in [0.15, 0.2) is 24.3 Å². The van der Waals surface area contributed by atoms with Crippen molar-refractivity contribution in [3.63, 3.8) is 0 Å². The Bertz CT molecular complexity index is 577. The minimum atomic E-state index is -2.85. The summed E-state index contributed by atoms with van der Waals surface area (Å²) >= 11 is 0. The molecule has 2 N–H and O–H groups in total. The van der Waals surface area contributed by atoms with Crippen LogP contribution >= 0.6 is 24.8 Å². The van der Waals surface area contributed by atoms with Crippen LogP contribution in [-0.4, -0.2) is 44.7 Å². The van der Waals surface area contributed by atoms with Gasteiger partial charge in [0.05, 0.1) is 12.2 Å². The number of para-hydroxylation sites is 2. The van der Waals surface area contributed by atoms with Crippen LogP contribution in [0.2, 0.25) is 0 Å². The number of alkyl halides is 2. The van der Waals surface area contributed by atoms with Crippen molar-refractivity contribution in [2.75, 3.05) is 31.1 Å². The van der Waals surface area contributed by atoms with Crippen LogP contribution in [0.1, 0.15) is 19.3 Å². The third kappa shape index (κ3) is 6.78. The van der Waals surface area contributed by atoms with E-state index in [1.807, 2.05) is 4.90 Å². The smallest absolute Gasteiger partial charge is 0.387 e. The Hall–Kier alpha value is -1.31. The third-order valence-corrected chi connectivity index (χ3v) is 4.39. The van der Waals surface area contributed by atoms with Crippen LogP contribution in [0, 0.1) is 5.92 Å². The van der Waals surface area contributed by atoms with Gasteiger partial charge in [0.15, 0.2) is 0 Å². The highest BCUT2D eigenvalue weighted by Gasteiger charge is 2.26. The molecule has 9 heteroatoms. The summed E-state index contributed by atoms with van der Waals surface area (Å²) in [5.74, 6) is 0.899. The fourth-order valence-corrected chi connectivity index (χ4v) is 3.00. The summed E-state index contributed by atoms with van der Waals surface area (Å²) in [4.78, 5) is 13.9. The zero-order valence-corrected chi connectivity index (χ0v) is 16.0. The van der Waals surface area contributed by atoms with Crippen molar-refractivity contribution in [3.05, 3.63) is 24.3 Å². The quantitative estimate of drug-likeness (QED) is 0.690. The predicted molar refractivity (Wildman–Crippen MR) is 102 cm³/mol. The largest absolute Gasteiger partial charge is 0.433 e. The molecule has 1 aliphatic carbocycles. The molecule has 1 saturated heterocycles. The molecule has 3 rings (SSSR count). The molecule has 1 unspecified atom stereocenters. The van der Waals surface area contributed by atoms with Gasteiger partial charge >= 0.3 is 6.61 Å². The van der Waals surface area contributed by atoms with Crippen LogP contribution < -0.4 is 20.3 Å². The van der Waals surface area contributed by atoms with Gasteiger partial charge in [-0.15, -0.1) is 24.8 Å². The molecule has 5 nitrogen and oxygen atoms in total. The van der Waals surface area contributed by atoms with Crippen molar-refractivity contribution in [3.8, 4) is 5.75 Å². The highest BCUT2D eigenvalue weighted by molar-refractivity contribution is 5.85. The topological polar surface area (TPSA) is 53.6 Å². The van der Waals surface area contributed by atoms with E-state index in [9.17, 15) is 13.6 Å². The molecule has 1 atom stereocenters. The van der Waals surface area contributed by atoms with E-state index in [-0.39, 0.29) is 42.5 Å². The van der Waals surface area contributed by atoms with Crippen molar-refractivity contribution >= 4 is 36.4 Å². The summed E-state index contributed by atoms with van der Waals surface area (Å²) in [5.41, 5.74) is 0.640. The van der Waals surface area contributed by atoms with Crippen LogP contribution in [0.4, 0.5) is 14.5 Å². The van der Waals surface area contributed by atoms with E-state index in [4.69, 9.17) is 0 Å². The minimum Gasteiger partial charge on any atom is -0.433 e. The van der Waals surface area contributed by atoms with Crippen molar-refractivity contribution in [1.29, 1.82) is 0 Å². The molecule has 0 bridgehead atoms. The van der Waals surface area contributed by atoms with Crippen LogP contribution in [0.3, 0.4) is 0 Å². The second kappa shape index (κ2) is 10.7. The maximum atomic E-state index is 12.5. The molecule has 148 valence electrons. The van der Waals surface area contributed by atoms with Gasteiger partial charge in [-0.3, -0.25) is 4.79 Å². The Morgan fingerprint density at radius 2 is 1.96 bits per heavy atom. The Kier molecular flexibility index (Phi) is 9.39. The van der Waals surface area contributed by atoms with Crippen LogP contribution in [0.5, 0.6) is 5.75 Å². The maximum Gasteiger partial charge on any atom is 0.387 e. The summed E-state index contributed by atoms with van der Waals surface area (Å²) in [6, 6.07) is 6.79. The van der Waals surface area contributed by atoms with E-state index in [1.54, 1.807) is 18.2 Å². The average molecular weight is 412 g/mol. The lowest BCUT2D eigenvalue weighted by Crippen LogP contribution is -2.42. The second-order valence-corrected chi connectivity index (χ2v) is 6.42. The van der Waals surface area contributed by atoms with E-state index < -0.39 is 6.61 Å². The molecule has 0 radical (unpaired) electrons. The Morgan fingerprint density at radius 3 is 2.65 bits per heavy atom. The van der Waals surface area contributed by atoms with E-state index in [1.165, 1.54) is 18.9 Å². The lowest BCUT2D eigenvalue weighted by atomic mass is 10.2. The number of amides is 1. The SMILES string of the molecule is Cl.Cl.O=C(CNCC1CC1)NC1CCN(c2ccccc2OC(F)F)C1. The van der Waals surface area contributed by atoms with Gasteiger partial charge in [-0.2, -0.15) is 8.78 Å². The van der Waals surface area contributed by atoms with Gasteiger partial charge < -0.3 is 20.3 Å². The average Bonchev–Trinajstić information content (AvgIpc) is 3.25. The minimum absolute atomic E-state index is 0. The zero-order valence-electron chi connectivity index (χ0n) is 14.3. The Labute approximate surface area is 164 Å². The van der Waals surface area contributed by atoms with Crippen LogP contribution in [-0.2, 0) is 4.79 Å². The summed E-state index contributed by atoms with van der Waals surface area (Å²) in [5, 5.41) is 6.17. The number of hydrogen-bond donors (Lipinski definition) is 2. The lowest BCUT2D eigenvalue weighted by molar-refractivity contribution is -0.120. The standard InChI is InChI=1S/C17H23F2N3O2.2ClH/c18-17(19)24-15-4-2-1-3-14(15)22-8-7-13(11-22)21-16(23)10-20-9-12-5-6-12;;/h1-4,12-13,17,20H,5-11H2,(H,21,23);2*1H. The number of benzene rings is 1. The summed E-state index contributed by atoms with van der Waals surface area (Å²) in [7, 11) is 0. The number of ether oxygens (including phenoxy) is 1. The Morgan fingerprint density at radius 1 is 1.23 bits per heavy atom. The van der Waals surface area contributed by atoms with E-state index in [0.717, 1.165) is 18.9 Å². The van der Waals surface area contributed by atoms with E-state index >= 15 is 0 Å². The third-order valence-electron chi connectivity index (χ3n) is 4.39. The monoisotopic (exact) mass is 411 g/mol. The van der Waals surface area contributed by atoms with Crippen molar-refractivity contribution < 1.29 is 18.3 Å². The predicted octanol–water partition coefficient (Wildman–Crippen LogP) is 2.83. The number of carbonyl (C=O) groups excluding carboxylic acids is 1. The fourth-order valence-electron chi connectivity index (χ4n) is 3.00. The molecule has 1 saturated carbocycles. The summed E-state index contributed by atoms with van der Waals surface area (Å²) in [6.07, 6.45) is 3.30. The molecule has 1 heterocycles. The van der Waals surface area contributed by atoms with Crippen molar-refractivity contribution in [2.45, 2.75) is 31.9 Å². The highest BCUT2D eigenvalue weighted by Crippen LogP contribution is 2.31. The molecule has 26 heavy (non-hydrogen) atoms. The molecule has 1 aromatic carbocycles. The lowest BCUT2D eigenvalue weighted by Gasteiger charge is -2.22. The number of anilines is 1. The van der Waals surface area contributed by atoms with Gasteiger partial charge in [-0.25, -0.2) is 0 Å². The number of nitrogens with zero attached hydrogens (tertiary/aromatic N) is 1. The normalized spacial score (nSPS) is 18.9. The van der Waals surface area contributed by atoms with E-state index in [2.05, 4.69) is 15.4 Å². The van der Waals surface area contributed by atoms with Gasteiger partial charge in [-0.05, 0) is 43.9 Å². The van der Waals surface area contributed by atoms with Gasteiger partial charge in [-0.1, -0.05) is 12.1 Å². The molecular formula is C17H25Cl2F2N3O2. The number of hydrogen-bond acceptors (Lipinski definition) is 4. The molecule has 0 spiro atoms. The van der Waals surface area contributed by atoms with Gasteiger partial charge in [0.1, 0.15) is 5.75 Å². The first-order valence-corrected chi connectivity index (χ1v) is 8.40. The van der Waals surface area contributed by atoms with Gasteiger partial charge in [0.2, 0.25) is 5.91 Å². The second-order valence-electron chi connectivity index (χ2n) is 6.42. The zero-order chi connectivity index (χ0) is 16.9. The molecule has 2 aliphatic rings. The number of carbonyl (C=O) groups is 1. The molecule has 1 aliphatic heterocycles.